The zero-order valence-electron chi connectivity index (χ0n) is 11.4. The van der Waals surface area contributed by atoms with E-state index in [-0.39, 0.29) is 0 Å². The summed E-state index contributed by atoms with van der Waals surface area (Å²) in [6.07, 6.45) is 0.912. The van der Waals surface area contributed by atoms with Gasteiger partial charge in [-0.05, 0) is 24.6 Å². The molecule has 0 spiro atoms. The van der Waals surface area contributed by atoms with Crippen molar-refractivity contribution in [2.24, 2.45) is 0 Å². The minimum absolute atomic E-state index is 0.502. The van der Waals surface area contributed by atoms with Gasteiger partial charge in [-0.15, -0.1) is 10.2 Å². The Bertz CT molecular complexity index is 551. The van der Waals surface area contributed by atoms with Gasteiger partial charge in [-0.1, -0.05) is 42.9 Å². The maximum atomic E-state index is 6.04. The third-order valence-corrected chi connectivity index (χ3v) is 4.04. The fraction of sp³-hybridized carbons (Fsp3) is 0.429. The third-order valence-electron chi connectivity index (χ3n) is 2.79. The normalized spacial score (nSPS) is 11.2. The molecule has 0 amide bonds. The second-order valence-electron chi connectivity index (χ2n) is 4.82. The summed E-state index contributed by atoms with van der Waals surface area (Å²) in [6, 6.07) is 6.36. The van der Waals surface area contributed by atoms with Crippen LogP contribution in [0.2, 0.25) is 5.02 Å². The summed E-state index contributed by atoms with van der Waals surface area (Å²) < 4.78 is 0. The van der Waals surface area contributed by atoms with Crippen molar-refractivity contribution in [1.82, 2.24) is 15.5 Å². The van der Waals surface area contributed by atoms with Gasteiger partial charge in [0.05, 0.1) is 0 Å². The Morgan fingerprint density at radius 1 is 1.32 bits per heavy atom. The molecule has 2 rings (SSSR count). The van der Waals surface area contributed by atoms with Crippen LogP contribution in [0.1, 0.15) is 24.4 Å². The SMILES string of the molecule is Cc1ccc(Cl)cc1-c1nnc(CCNC(C)C)s1. The first-order chi connectivity index (χ1) is 9.06. The van der Waals surface area contributed by atoms with Crippen LogP contribution in [0.3, 0.4) is 0 Å². The Kier molecular flexibility index (Phi) is 4.91. The molecule has 0 fully saturated rings. The Morgan fingerprint density at radius 3 is 2.84 bits per heavy atom. The molecule has 0 aliphatic heterocycles. The van der Waals surface area contributed by atoms with Gasteiger partial charge >= 0.3 is 0 Å². The first-order valence-corrected chi connectivity index (χ1v) is 7.58. The van der Waals surface area contributed by atoms with E-state index in [1.165, 1.54) is 5.56 Å². The third kappa shape index (κ3) is 4.00. The molecule has 1 aromatic heterocycles. The van der Waals surface area contributed by atoms with Gasteiger partial charge in [0.15, 0.2) is 0 Å². The van der Waals surface area contributed by atoms with Crippen molar-refractivity contribution < 1.29 is 0 Å². The van der Waals surface area contributed by atoms with Crippen LogP contribution < -0.4 is 5.32 Å². The fourth-order valence-corrected chi connectivity index (χ4v) is 2.85. The molecule has 1 N–H and O–H groups in total. The van der Waals surface area contributed by atoms with Gasteiger partial charge in [-0.25, -0.2) is 0 Å². The van der Waals surface area contributed by atoms with Crippen LogP contribution in [-0.4, -0.2) is 22.8 Å². The van der Waals surface area contributed by atoms with E-state index < -0.39 is 0 Å². The average Bonchev–Trinajstić information content (AvgIpc) is 2.80. The molecule has 0 saturated heterocycles. The lowest BCUT2D eigenvalue weighted by molar-refractivity contribution is 0.588. The van der Waals surface area contributed by atoms with Crippen LogP contribution in [0, 0.1) is 6.92 Å². The minimum atomic E-state index is 0.502. The molecule has 19 heavy (non-hydrogen) atoms. The molecule has 0 saturated carbocycles. The van der Waals surface area contributed by atoms with Crippen molar-refractivity contribution in [3.63, 3.8) is 0 Å². The van der Waals surface area contributed by atoms with Crippen molar-refractivity contribution in [3.8, 4) is 10.6 Å². The summed E-state index contributed by atoms with van der Waals surface area (Å²) in [4.78, 5) is 0. The largest absolute Gasteiger partial charge is 0.314 e. The number of aromatic nitrogens is 2. The highest BCUT2D eigenvalue weighted by atomic mass is 35.5. The summed E-state index contributed by atoms with van der Waals surface area (Å²) in [5.74, 6) is 0. The van der Waals surface area contributed by atoms with Crippen molar-refractivity contribution in [1.29, 1.82) is 0 Å². The second-order valence-corrected chi connectivity index (χ2v) is 6.32. The zero-order chi connectivity index (χ0) is 13.8. The fourth-order valence-electron chi connectivity index (χ4n) is 1.76. The molecule has 1 aromatic carbocycles. The van der Waals surface area contributed by atoms with E-state index >= 15 is 0 Å². The highest BCUT2D eigenvalue weighted by molar-refractivity contribution is 7.14. The quantitative estimate of drug-likeness (QED) is 0.914. The molecule has 0 aliphatic carbocycles. The Balaban J connectivity index is 2.10. The first-order valence-electron chi connectivity index (χ1n) is 6.38. The van der Waals surface area contributed by atoms with Gasteiger partial charge in [0.2, 0.25) is 0 Å². The van der Waals surface area contributed by atoms with Crippen molar-refractivity contribution >= 4 is 22.9 Å². The lowest BCUT2D eigenvalue weighted by Gasteiger charge is -2.05. The predicted octanol–water partition coefficient (Wildman–Crippen LogP) is 3.71. The van der Waals surface area contributed by atoms with E-state index in [0.717, 1.165) is 33.6 Å². The van der Waals surface area contributed by atoms with Gasteiger partial charge in [0.25, 0.3) is 0 Å². The standard InChI is InChI=1S/C14H18ClN3S/c1-9(2)16-7-6-13-17-18-14(19-13)12-8-11(15)5-4-10(12)3/h4-5,8-9,16H,6-7H2,1-3H3. The van der Waals surface area contributed by atoms with Crippen LogP contribution in [0.15, 0.2) is 18.2 Å². The summed E-state index contributed by atoms with van der Waals surface area (Å²) in [6.45, 7) is 7.27. The Labute approximate surface area is 123 Å². The summed E-state index contributed by atoms with van der Waals surface area (Å²) in [5.41, 5.74) is 2.25. The Hall–Kier alpha value is -0.970. The number of aryl methyl sites for hydroxylation is 1. The number of rotatable bonds is 5. The number of nitrogens with zero attached hydrogens (tertiary/aromatic N) is 2. The molecule has 0 radical (unpaired) electrons. The zero-order valence-corrected chi connectivity index (χ0v) is 13.0. The van der Waals surface area contributed by atoms with E-state index in [9.17, 15) is 0 Å². The van der Waals surface area contributed by atoms with Crippen LogP contribution in [0.25, 0.3) is 10.6 Å². The van der Waals surface area contributed by atoms with Crippen LogP contribution in [-0.2, 0) is 6.42 Å². The molecule has 0 unspecified atom stereocenters. The predicted molar refractivity (Wildman–Crippen MR) is 81.9 cm³/mol. The molecule has 2 aromatic rings. The van der Waals surface area contributed by atoms with E-state index in [1.807, 2.05) is 18.2 Å². The maximum absolute atomic E-state index is 6.04. The van der Waals surface area contributed by atoms with Crippen LogP contribution in [0.4, 0.5) is 0 Å². The van der Waals surface area contributed by atoms with Crippen molar-refractivity contribution in [3.05, 3.63) is 33.8 Å². The minimum Gasteiger partial charge on any atom is -0.314 e. The Morgan fingerprint density at radius 2 is 2.11 bits per heavy atom. The molecule has 1 heterocycles. The lowest BCUT2D eigenvalue weighted by Crippen LogP contribution is -2.24. The number of nitrogens with one attached hydrogen (secondary N) is 1. The summed E-state index contributed by atoms with van der Waals surface area (Å²) in [7, 11) is 0. The second kappa shape index (κ2) is 6.46. The highest BCUT2D eigenvalue weighted by Crippen LogP contribution is 2.29. The summed E-state index contributed by atoms with van der Waals surface area (Å²) in [5, 5.41) is 14.6. The van der Waals surface area contributed by atoms with Gasteiger partial charge in [-0.2, -0.15) is 0 Å². The van der Waals surface area contributed by atoms with E-state index in [0.29, 0.717) is 6.04 Å². The van der Waals surface area contributed by atoms with Crippen molar-refractivity contribution in [2.75, 3.05) is 6.54 Å². The summed E-state index contributed by atoms with van der Waals surface area (Å²) >= 11 is 7.68. The van der Waals surface area contributed by atoms with Crippen LogP contribution >= 0.6 is 22.9 Å². The maximum Gasteiger partial charge on any atom is 0.148 e. The highest BCUT2D eigenvalue weighted by Gasteiger charge is 2.09. The van der Waals surface area contributed by atoms with E-state index in [2.05, 4.69) is 36.3 Å². The molecule has 5 heteroatoms. The molecule has 102 valence electrons. The molecule has 0 bridgehead atoms. The van der Waals surface area contributed by atoms with Gasteiger partial charge in [0, 0.05) is 29.6 Å². The topological polar surface area (TPSA) is 37.8 Å². The smallest absolute Gasteiger partial charge is 0.148 e. The number of benzene rings is 1. The monoisotopic (exact) mass is 295 g/mol. The number of hydrogen-bond donors (Lipinski definition) is 1. The van der Waals surface area contributed by atoms with E-state index in [1.54, 1.807) is 11.3 Å². The van der Waals surface area contributed by atoms with Crippen LogP contribution in [0.5, 0.6) is 0 Å². The molecule has 0 atom stereocenters. The first kappa shape index (κ1) is 14.4. The molecule has 3 nitrogen and oxygen atoms in total. The van der Waals surface area contributed by atoms with Crippen molar-refractivity contribution in [2.45, 2.75) is 33.2 Å². The van der Waals surface area contributed by atoms with E-state index in [4.69, 9.17) is 11.6 Å². The molecular formula is C14H18ClN3S. The lowest BCUT2D eigenvalue weighted by atomic mass is 10.1. The van der Waals surface area contributed by atoms with Gasteiger partial charge in [0.1, 0.15) is 10.0 Å². The van der Waals surface area contributed by atoms with Gasteiger partial charge < -0.3 is 5.32 Å². The number of hydrogen-bond acceptors (Lipinski definition) is 4. The molecule has 0 aliphatic rings. The average molecular weight is 296 g/mol. The number of halogens is 1. The molecular weight excluding hydrogens is 278 g/mol. The van der Waals surface area contributed by atoms with Gasteiger partial charge in [-0.3, -0.25) is 0 Å².